The Balaban J connectivity index is 2.87. The summed E-state index contributed by atoms with van der Waals surface area (Å²) in [6.07, 6.45) is 2.12. The lowest BCUT2D eigenvalue weighted by Crippen LogP contribution is -2.06. The van der Waals surface area contributed by atoms with E-state index in [0.29, 0.717) is 12.2 Å². The smallest absolute Gasteiger partial charge is 0.338 e. The Labute approximate surface area is 119 Å². The van der Waals surface area contributed by atoms with Crippen LogP contribution in [0.4, 0.5) is 0 Å². The van der Waals surface area contributed by atoms with E-state index < -0.39 is 0 Å². The van der Waals surface area contributed by atoms with Gasteiger partial charge in [0.25, 0.3) is 0 Å². The zero-order chi connectivity index (χ0) is 12.7. The number of aryl methyl sites for hydroxylation is 1. The highest BCUT2D eigenvalue weighted by Gasteiger charge is 2.09. The maximum atomic E-state index is 11.6. The first-order chi connectivity index (χ1) is 8.22. The van der Waals surface area contributed by atoms with E-state index in [0.717, 1.165) is 29.1 Å². The van der Waals surface area contributed by atoms with Crippen LogP contribution in [0.1, 0.15) is 34.8 Å². The lowest BCUT2D eigenvalue weighted by molar-refractivity contribution is 0.0526. The van der Waals surface area contributed by atoms with Crippen molar-refractivity contribution in [2.24, 2.45) is 0 Å². The molecule has 0 aliphatic rings. The molecule has 0 atom stereocenters. The van der Waals surface area contributed by atoms with E-state index in [2.05, 4.69) is 31.9 Å². The minimum absolute atomic E-state index is 0.248. The van der Waals surface area contributed by atoms with Crippen LogP contribution in [0.5, 0.6) is 0 Å². The predicted molar refractivity (Wildman–Crippen MR) is 77.1 cm³/mol. The van der Waals surface area contributed by atoms with Crippen molar-refractivity contribution in [1.82, 2.24) is 0 Å². The monoisotopic (exact) mass is 362 g/mol. The van der Waals surface area contributed by atoms with Crippen molar-refractivity contribution in [2.75, 3.05) is 11.9 Å². The highest BCUT2D eigenvalue weighted by molar-refractivity contribution is 9.09. The van der Waals surface area contributed by atoms with Gasteiger partial charge >= 0.3 is 5.97 Å². The molecule has 0 fully saturated rings. The highest BCUT2D eigenvalue weighted by Crippen LogP contribution is 2.18. The molecule has 0 spiro atoms. The molecule has 2 nitrogen and oxygen atoms in total. The summed E-state index contributed by atoms with van der Waals surface area (Å²) in [4.78, 5) is 11.6. The molecular formula is C13H16Br2O2. The third-order valence-electron chi connectivity index (χ3n) is 2.44. The molecule has 0 aliphatic heterocycles. The summed E-state index contributed by atoms with van der Waals surface area (Å²) in [5.74, 6) is -0.248. The number of carbonyl (C=O) groups excluding carboxylic acids is 1. The van der Waals surface area contributed by atoms with Crippen LogP contribution in [0, 0.1) is 0 Å². The van der Waals surface area contributed by atoms with Gasteiger partial charge in [-0.05, 0) is 43.0 Å². The Kier molecular flexibility index (Phi) is 6.82. The van der Waals surface area contributed by atoms with Gasteiger partial charge in [0.15, 0.2) is 0 Å². The fourth-order valence-electron chi connectivity index (χ4n) is 1.59. The van der Waals surface area contributed by atoms with E-state index >= 15 is 0 Å². The number of benzene rings is 1. The number of hydrogen-bond acceptors (Lipinski definition) is 2. The van der Waals surface area contributed by atoms with Crippen LogP contribution in [-0.4, -0.2) is 17.9 Å². The van der Waals surface area contributed by atoms with Crippen molar-refractivity contribution in [3.63, 3.8) is 0 Å². The summed E-state index contributed by atoms with van der Waals surface area (Å²) in [6.45, 7) is 2.22. The summed E-state index contributed by atoms with van der Waals surface area (Å²) < 4.78 is 4.99. The molecular weight excluding hydrogens is 348 g/mol. The van der Waals surface area contributed by atoms with Crippen molar-refractivity contribution in [2.45, 2.75) is 25.1 Å². The van der Waals surface area contributed by atoms with Crippen molar-refractivity contribution in [3.8, 4) is 0 Å². The fraction of sp³-hybridized carbons (Fsp3) is 0.462. The number of ether oxygens (including phenoxy) is 1. The number of rotatable bonds is 6. The number of carbonyl (C=O) groups is 1. The summed E-state index contributed by atoms with van der Waals surface area (Å²) in [6, 6.07) is 5.77. The molecule has 0 heterocycles. The van der Waals surface area contributed by atoms with E-state index in [-0.39, 0.29) is 5.97 Å². The molecule has 0 saturated carbocycles. The molecule has 94 valence electrons. The SMILES string of the molecule is CCOC(=O)c1ccc(CCCBr)c(CBr)c1. The zero-order valence-corrected chi connectivity index (χ0v) is 13.0. The molecule has 0 amide bonds. The van der Waals surface area contributed by atoms with Crippen LogP contribution in [0.3, 0.4) is 0 Å². The standard InChI is InChI=1S/C13H16Br2O2/c1-2-17-13(16)11-6-5-10(4-3-7-14)12(8-11)9-15/h5-6,8H,2-4,7,9H2,1H3. The van der Waals surface area contributed by atoms with Gasteiger partial charge in [-0.2, -0.15) is 0 Å². The van der Waals surface area contributed by atoms with Gasteiger partial charge in [0, 0.05) is 10.7 Å². The molecule has 0 aromatic heterocycles. The Morgan fingerprint density at radius 1 is 1.29 bits per heavy atom. The van der Waals surface area contributed by atoms with E-state index in [1.165, 1.54) is 5.56 Å². The van der Waals surface area contributed by atoms with Crippen LogP contribution in [-0.2, 0) is 16.5 Å². The summed E-state index contributed by atoms with van der Waals surface area (Å²) in [5.41, 5.74) is 3.08. The van der Waals surface area contributed by atoms with Crippen molar-refractivity contribution in [3.05, 3.63) is 34.9 Å². The molecule has 1 rings (SSSR count). The third kappa shape index (κ3) is 4.43. The largest absolute Gasteiger partial charge is 0.462 e. The Morgan fingerprint density at radius 3 is 2.65 bits per heavy atom. The maximum Gasteiger partial charge on any atom is 0.338 e. The molecule has 1 aromatic rings. The Morgan fingerprint density at radius 2 is 2.06 bits per heavy atom. The second kappa shape index (κ2) is 7.88. The van der Waals surface area contributed by atoms with Gasteiger partial charge < -0.3 is 4.74 Å². The molecule has 0 radical (unpaired) electrons. The fourth-order valence-corrected chi connectivity index (χ4v) is 2.40. The maximum absolute atomic E-state index is 11.6. The molecule has 0 unspecified atom stereocenters. The van der Waals surface area contributed by atoms with Crippen LogP contribution in [0.15, 0.2) is 18.2 Å². The number of halogens is 2. The van der Waals surface area contributed by atoms with Crippen LogP contribution >= 0.6 is 31.9 Å². The summed E-state index contributed by atoms with van der Waals surface area (Å²) in [5, 5.41) is 1.76. The molecule has 0 aliphatic carbocycles. The van der Waals surface area contributed by atoms with E-state index in [1.54, 1.807) is 0 Å². The second-order valence-electron chi connectivity index (χ2n) is 3.63. The van der Waals surface area contributed by atoms with Gasteiger partial charge in [0.1, 0.15) is 0 Å². The van der Waals surface area contributed by atoms with E-state index in [9.17, 15) is 4.79 Å². The molecule has 17 heavy (non-hydrogen) atoms. The first-order valence-corrected chi connectivity index (χ1v) is 7.88. The van der Waals surface area contributed by atoms with E-state index in [1.807, 2.05) is 25.1 Å². The van der Waals surface area contributed by atoms with Crippen molar-refractivity contribution in [1.29, 1.82) is 0 Å². The van der Waals surface area contributed by atoms with Crippen LogP contribution in [0.25, 0.3) is 0 Å². The van der Waals surface area contributed by atoms with Gasteiger partial charge in [-0.1, -0.05) is 37.9 Å². The molecule has 1 aromatic carbocycles. The predicted octanol–water partition coefficient (Wildman–Crippen LogP) is 4.09. The van der Waals surface area contributed by atoms with E-state index in [4.69, 9.17) is 4.74 Å². The average molecular weight is 364 g/mol. The molecule has 0 saturated heterocycles. The Hall–Kier alpha value is -0.350. The number of esters is 1. The highest BCUT2D eigenvalue weighted by atomic mass is 79.9. The van der Waals surface area contributed by atoms with Gasteiger partial charge in [-0.15, -0.1) is 0 Å². The van der Waals surface area contributed by atoms with Gasteiger partial charge in [0.2, 0.25) is 0 Å². The third-order valence-corrected chi connectivity index (χ3v) is 3.61. The lowest BCUT2D eigenvalue weighted by Gasteiger charge is -2.09. The van der Waals surface area contributed by atoms with Crippen LogP contribution < -0.4 is 0 Å². The topological polar surface area (TPSA) is 26.3 Å². The normalized spacial score (nSPS) is 10.3. The minimum atomic E-state index is -0.248. The van der Waals surface area contributed by atoms with Crippen molar-refractivity contribution >= 4 is 37.8 Å². The number of alkyl halides is 2. The lowest BCUT2D eigenvalue weighted by atomic mass is 10.0. The molecule has 4 heteroatoms. The second-order valence-corrected chi connectivity index (χ2v) is 4.98. The summed E-state index contributed by atoms with van der Waals surface area (Å²) in [7, 11) is 0. The first-order valence-electron chi connectivity index (χ1n) is 5.63. The van der Waals surface area contributed by atoms with Gasteiger partial charge in [-0.3, -0.25) is 0 Å². The first kappa shape index (κ1) is 14.7. The quantitative estimate of drug-likeness (QED) is 0.562. The summed E-state index contributed by atoms with van der Waals surface area (Å²) >= 11 is 6.88. The number of hydrogen-bond donors (Lipinski definition) is 0. The molecule has 0 N–H and O–H groups in total. The van der Waals surface area contributed by atoms with Gasteiger partial charge in [-0.25, -0.2) is 4.79 Å². The average Bonchev–Trinajstić information content (AvgIpc) is 2.36. The van der Waals surface area contributed by atoms with Crippen LogP contribution in [0.2, 0.25) is 0 Å². The van der Waals surface area contributed by atoms with Gasteiger partial charge in [0.05, 0.1) is 12.2 Å². The Bertz CT molecular complexity index is 378. The molecule has 0 bridgehead atoms. The zero-order valence-electron chi connectivity index (χ0n) is 9.84. The minimum Gasteiger partial charge on any atom is -0.462 e. The van der Waals surface area contributed by atoms with Crippen molar-refractivity contribution < 1.29 is 9.53 Å².